The number of aromatic nitrogens is 2. The van der Waals surface area contributed by atoms with E-state index in [4.69, 9.17) is 28.6 Å². The predicted molar refractivity (Wildman–Crippen MR) is 116 cm³/mol. The van der Waals surface area contributed by atoms with Crippen molar-refractivity contribution in [2.24, 2.45) is 0 Å². The number of hydrogen-bond donors (Lipinski definition) is 1. The van der Waals surface area contributed by atoms with Gasteiger partial charge in [-0.1, -0.05) is 17.7 Å². The average Bonchev–Trinajstić information content (AvgIpc) is 3.31. The summed E-state index contributed by atoms with van der Waals surface area (Å²) in [4.78, 5) is 6.73. The zero-order valence-corrected chi connectivity index (χ0v) is 17.0. The van der Waals surface area contributed by atoms with Gasteiger partial charge in [-0.2, -0.15) is 0 Å². The molecule has 3 heterocycles. The molecular formula is C21H21ClN4OS. The third kappa shape index (κ3) is 3.63. The number of anilines is 1. The van der Waals surface area contributed by atoms with E-state index in [-0.39, 0.29) is 12.1 Å². The number of hydrogen-bond acceptors (Lipinski definition) is 3. The van der Waals surface area contributed by atoms with Crippen molar-refractivity contribution in [2.75, 3.05) is 18.6 Å². The van der Waals surface area contributed by atoms with Crippen molar-refractivity contribution < 1.29 is 4.74 Å². The van der Waals surface area contributed by atoms with Crippen LogP contribution in [0.3, 0.4) is 0 Å². The molecule has 0 unspecified atom stereocenters. The van der Waals surface area contributed by atoms with Gasteiger partial charge in [-0.15, -0.1) is 0 Å². The summed E-state index contributed by atoms with van der Waals surface area (Å²) in [6, 6.07) is 17.8. The maximum atomic E-state index is 6.10. The first-order chi connectivity index (χ1) is 13.7. The van der Waals surface area contributed by atoms with E-state index < -0.39 is 0 Å². The molecule has 0 aliphatic carbocycles. The summed E-state index contributed by atoms with van der Waals surface area (Å²) in [6.45, 7) is 1.41. The van der Waals surface area contributed by atoms with Gasteiger partial charge in [0.05, 0.1) is 18.3 Å². The molecule has 5 nitrogen and oxygen atoms in total. The van der Waals surface area contributed by atoms with Crippen molar-refractivity contribution in [1.29, 1.82) is 0 Å². The Morgan fingerprint density at radius 2 is 1.96 bits per heavy atom. The van der Waals surface area contributed by atoms with E-state index in [1.54, 1.807) is 7.11 Å². The van der Waals surface area contributed by atoms with E-state index in [9.17, 15) is 0 Å². The Kier molecular flexibility index (Phi) is 5.62. The molecule has 1 aromatic carbocycles. The summed E-state index contributed by atoms with van der Waals surface area (Å²) in [5.41, 5.74) is 3.09. The topological polar surface area (TPSA) is 42.3 Å². The second-order valence-corrected chi connectivity index (χ2v) is 7.42. The van der Waals surface area contributed by atoms with Crippen LogP contribution in [0.2, 0.25) is 5.02 Å². The van der Waals surface area contributed by atoms with Crippen LogP contribution in [0.5, 0.6) is 0 Å². The number of rotatable bonds is 6. The summed E-state index contributed by atoms with van der Waals surface area (Å²) in [6.07, 6.45) is 3.89. The molecule has 1 saturated heterocycles. The summed E-state index contributed by atoms with van der Waals surface area (Å²) < 4.78 is 7.50. The van der Waals surface area contributed by atoms with Crippen LogP contribution in [0, 0.1) is 0 Å². The van der Waals surface area contributed by atoms with Crippen molar-refractivity contribution in [3.63, 3.8) is 0 Å². The summed E-state index contributed by atoms with van der Waals surface area (Å²) in [5.74, 6) is 0. The van der Waals surface area contributed by atoms with Gasteiger partial charge < -0.3 is 19.5 Å². The summed E-state index contributed by atoms with van der Waals surface area (Å²) >= 11 is 11.8. The maximum absolute atomic E-state index is 6.10. The fourth-order valence-electron chi connectivity index (χ4n) is 3.62. The van der Waals surface area contributed by atoms with Crippen LogP contribution in [0.4, 0.5) is 5.69 Å². The number of ether oxygens (including phenoxy) is 1. The Morgan fingerprint density at radius 1 is 1.14 bits per heavy atom. The molecule has 1 aliphatic rings. The quantitative estimate of drug-likeness (QED) is 0.609. The predicted octanol–water partition coefficient (Wildman–Crippen LogP) is 4.36. The minimum atomic E-state index is -0.0689. The third-order valence-electron chi connectivity index (χ3n) is 4.91. The Hall–Kier alpha value is -2.41. The van der Waals surface area contributed by atoms with Crippen LogP contribution in [-0.4, -0.2) is 28.4 Å². The van der Waals surface area contributed by atoms with Crippen molar-refractivity contribution in [3.8, 4) is 0 Å². The van der Waals surface area contributed by atoms with E-state index in [2.05, 4.69) is 38.1 Å². The molecule has 7 heteroatoms. The minimum Gasteiger partial charge on any atom is -0.383 e. The van der Waals surface area contributed by atoms with Crippen molar-refractivity contribution >= 4 is 34.6 Å². The number of nitrogens with zero attached hydrogens (tertiary/aromatic N) is 3. The van der Waals surface area contributed by atoms with Crippen molar-refractivity contribution in [1.82, 2.24) is 14.9 Å². The first-order valence-corrected chi connectivity index (χ1v) is 9.88. The number of benzene rings is 1. The lowest BCUT2D eigenvalue weighted by atomic mass is 10.0. The van der Waals surface area contributed by atoms with Crippen LogP contribution < -0.4 is 10.2 Å². The SMILES string of the molecule is COCCn1cccc1[C@@H]1[C@@H](c2ccccn2)NC(=S)N1c1ccc(Cl)cc1. The highest BCUT2D eigenvalue weighted by atomic mass is 35.5. The summed E-state index contributed by atoms with van der Waals surface area (Å²) in [5, 5.41) is 4.84. The molecule has 4 rings (SSSR count). The highest BCUT2D eigenvalue weighted by molar-refractivity contribution is 7.80. The van der Waals surface area contributed by atoms with Crippen molar-refractivity contribution in [3.05, 3.63) is 83.4 Å². The van der Waals surface area contributed by atoms with Gasteiger partial charge in [0.25, 0.3) is 0 Å². The highest BCUT2D eigenvalue weighted by Gasteiger charge is 2.41. The third-order valence-corrected chi connectivity index (χ3v) is 5.47. The Balaban J connectivity index is 1.80. The molecule has 28 heavy (non-hydrogen) atoms. The van der Waals surface area contributed by atoms with E-state index in [0.717, 1.165) is 23.6 Å². The molecule has 3 aromatic rings. The number of methoxy groups -OCH3 is 1. The maximum Gasteiger partial charge on any atom is 0.174 e. The van der Waals surface area contributed by atoms with Gasteiger partial charge in [-0.3, -0.25) is 4.98 Å². The Morgan fingerprint density at radius 3 is 2.68 bits per heavy atom. The van der Waals surface area contributed by atoms with Gasteiger partial charge in [-0.25, -0.2) is 0 Å². The lowest BCUT2D eigenvalue weighted by molar-refractivity contribution is 0.186. The van der Waals surface area contributed by atoms with E-state index in [0.29, 0.717) is 16.7 Å². The monoisotopic (exact) mass is 412 g/mol. The molecule has 0 spiro atoms. The minimum absolute atomic E-state index is 0.0459. The molecule has 0 amide bonds. The molecule has 0 saturated carbocycles. The standard InChI is InChI=1S/C21H21ClN4OS/c1-27-14-13-25-12-4-6-18(25)20-19(17-5-2-3-11-23-17)24-21(28)26(20)16-9-7-15(22)8-10-16/h2-12,19-20H,13-14H2,1H3,(H,24,28)/t19-,20-/m1/s1. The molecule has 2 atom stereocenters. The van der Waals surface area contributed by atoms with Crippen molar-refractivity contribution in [2.45, 2.75) is 18.6 Å². The zero-order valence-electron chi connectivity index (χ0n) is 15.5. The van der Waals surface area contributed by atoms with Crippen LogP contribution >= 0.6 is 23.8 Å². The van der Waals surface area contributed by atoms with Gasteiger partial charge in [0.1, 0.15) is 6.04 Å². The van der Waals surface area contributed by atoms with Gasteiger partial charge in [0.2, 0.25) is 0 Å². The largest absolute Gasteiger partial charge is 0.383 e. The second kappa shape index (κ2) is 8.31. The van der Waals surface area contributed by atoms with Gasteiger partial charge in [0, 0.05) is 42.5 Å². The lowest BCUT2D eigenvalue weighted by Gasteiger charge is -2.29. The number of nitrogens with one attached hydrogen (secondary N) is 1. The first-order valence-electron chi connectivity index (χ1n) is 9.09. The van der Waals surface area contributed by atoms with Crippen LogP contribution in [0.1, 0.15) is 23.5 Å². The van der Waals surface area contributed by atoms with Crippen LogP contribution in [-0.2, 0) is 11.3 Å². The number of halogens is 1. The fraction of sp³-hybridized carbons (Fsp3) is 0.238. The number of thiocarbonyl (C=S) groups is 1. The fourth-order valence-corrected chi connectivity index (χ4v) is 4.10. The Labute approximate surface area is 174 Å². The molecule has 1 fully saturated rings. The molecule has 144 valence electrons. The summed E-state index contributed by atoms with van der Waals surface area (Å²) in [7, 11) is 1.71. The molecule has 2 aromatic heterocycles. The number of pyridine rings is 1. The van der Waals surface area contributed by atoms with Gasteiger partial charge in [-0.05, 0) is 60.7 Å². The normalized spacial score (nSPS) is 19.1. The first kappa shape index (κ1) is 18.9. The molecule has 0 bridgehead atoms. The Bertz CT molecular complexity index is 945. The van der Waals surface area contributed by atoms with Gasteiger partial charge in [0.15, 0.2) is 5.11 Å². The molecule has 0 radical (unpaired) electrons. The van der Waals surface area contributed by atoms with E-state index in [1.165, 1.54) is 0 Å². The second-order valence-electron chi connectivity index (χ2n) is 6.59. The van der Waals surface area contributed by atoms with Gasteiger partial charge >= 0.3 is 0 Å². The average molecular weight is 413 g/mol. The molecular weight excluding hydrogens is 392 g/mol. The van der Waals surface area contributed by atoms with Crippen LogP contribution in [0.25, 0.3) is 0 Å². The highest BCUT2D eigenvalue weighted by Crippen LogP contribution is 2.41. The van der Waals surface area contributed by atoms with E-state index >= 15 is 0 Å². The smallest absolute Gasteiger partial charge is 0.174 e. The molecule has 1 N–H and O–H groups in total. The molecule has 1 aliphatic heterocycles. The van der Waals surface area contributed by atoms with E-state index in [1.807, 2.05) is 48.7 Å². The lowest BCUT2D eigenvalue weighted by Crippen LogP contribution is -2.30. The van der Waals surface area contributed by atoms with Crippen LogP contribution in [0.15, 0.2) is 67.0 Å². The zero-order chi connectivity index (χ0) is 19.5.